The summed E-state index contributed by atoms with van der Waals surface area (Å²) in [5.41, 5.74) is -1.39. The van der Waals surface area contributed by atoms with Crippen molar-refractivity contribution >= 4 is 5.91 Å². The number of nitriles is 1. The van der Waals surface area contributed by atoms with Gasteiger partial charge in [-0.05, 0) is 91.3 Å². The van der Waals surface area contributed by atoms with Gasteiger partial charge >= 0.3 is 6.18 Å². The fourth-order valence-electron chi connectivity index (χ4n) is 6.09. The van der Waals surface area contributed by atoms with E-state index in [0.29, 0.717) is 55.8 Å². The average Bonchev–Trinajstić information content (AvgIpc) is 3.28. The van der Waals surface area contributed by atoms with Gasteiger partial charge in [-0.2, -0.15) is 18.4 Å². The van der Waals surface area contributed by atoms with Crippen LogP contribution in [0, 0.1) is 17.1 Å². The predicted octanol–water partition coefficient (Wildman–Crippen LogP) is 6.79. The Morgan fingerprint density at radius 2 is 1.74 bits per heavy atom. The molecule has 1 aliphatic heterocycles. The summed E-state index contributed by atoms with van der Waals surface area (Å²) in [7, 11) is 0. The Labute approximate surface area is 217 Å². The average molecular weight is 525 g/mol. The van der Waals surface area contributed by atoms with E-state index in [9.17, 15) is 26.7 Å². The van der Waals surface area contributed by atoms with Crippen LogP contribution in [0.2, 0.25) is 0 Å². The van der Waals surface area contributed by atoms with Gasteiger partial charge in [-0.25, -0.2) is 8.78 Å². The highest BCUT2D eigenvalue weighted by Gasteiger charge is 2.55. The Kier molecular flexibility index (Phi) is 6.29. The van der Waals surface area contributed by atoms with Crippen molar-refractivity contribution in [3.05, 3.63) is 106 Å². The van der Waals surface area contributed by atoms with E-state index >= 15 is 0 Å². The zero-order chi connectivity index (χ0) is 27.3. The minimum absolute atomic E-state index is 0.186. The monoisotopic (exact) mass is 524 g/mol. The zero-order valence-electron chi connectivity index (χ0n) is 20.7. The van der Waals surface area contributed by atoms with Crippen molar-refractivity contribution in [2.75, 3.05) is 6.54 Å². The third-order valence-electron chi connectivity index (χ3n) is 8.17. The van der Waals surface area contributed by atoms with Crippen molar-refractivity contribution in [1.29, 1.82) is 5.26 Å². The standard InChI is InChI=1S/C30H25F5N2O/c1-28(32,30(33,34)35)23-9-12-25-22(16-23)8-13-26-29(25,17-19-4-10-24(31)11-5-19)14-15-37(26)27(38)21-6-2-20(18-36)3-7-21/h2-7,9-12,16,26H,8,13-15,17H2,1H3/t26-,28?,29-/m1/s1. The van der Waals surface area contributed by atoms with E-state index in [4.69, 9.17) is 5.26 Å². The van der Waals surface area contributed by atoms with Crippen molar-refractivity contribution in [2.24, 2.45) is 0 Å². The molecule has 0 radical (unpaired) electrons. The lowest BCUT2D eigenvalue weighted by atomic mass is 9.63. The molecule has 1 fully saturated rings. The summed E-state index contributed by atoms with van der Waals surface area (Å²) >= 11 is 0. The van der Waals surface area contributed by atoms with Gasteiger partial charge in [0, 0.05) is 23.6 Å². The second-order valence-corrected chi connectivity index (χ2v) is 10.3. The van der Waals surface area contributed by atoms with Gasteiger partial charge < -0.3 is 4.90 Å². The van der Waals surface area contributed by atoms with Crippen LogP contribution < -0.4 is 0 Å². The van der Waals surface area contributed by atoms with Gasteiger partial charge in [0.15, 0.2) is 0 Å². The molecule has 0 spiro atoms. The highest BCUT2D eigenvalue weighted by molar-refractivity contribution is 5.95. The number of halogens is 5. The molecular formula is C30H25F5N2O. The maximum absolute atomic E-state index is 14.8. The number of rotatable bonds is 4. The lowest BCUT2D eigenvalue weighted by Crippen LogP contribution is -2.49. The van der Waals surface area contributed by atoms with Gasteiger partial charge in [0.1, 0.15) is 5.82 Å². The Morgan fingerprint density at radius 3 is 2.37 bits per heavy atom. The van der Waals surface area contributed by atoms with Crippen LogP contribution in [-0.2, 0) is 23.9 Å². The molecule has 8 heteroatoms. The van der Waals surface area contributed by atoms with Gasteiger partial charge in [-0.3, -0.25) is 4.79 Å². The highest BCUT2D eigenvalue weighted by atomic mass is 19.4. The van der Waals surface area contributed by atoms with Gasteiger partial charge in [-0.15, -0.1) is 0 Å². The number of nitrogens with zero attached hydrogens (tertiary/aromatic N) is 2. The number of fused-ring (bicyclic) bond motifs is 3. The Balaban J connectivity index is 1.57. The minimum Gasteiger partial charge on any atom is -0.335 e. The molecule has 0 aromatic heterocycles. The molecule has 1 saturated heterocycles. The van der Waals surface area contributed by atoms with Crippen LogP contribution in [0.15, 0.2) is 66.7 Å². The lowest BCUT2D eigenvalue weighted by Gasteiger charge is -2.44. The summed E-state index contributed by atoms with van der Waals surface area (Å²) in [4.78, 5) is 15.4. The summed E-state index contributed by atoms with van der Waals surface area (Å²) in [5.74, 6) is -0.566. The Morgan fingerprint density at radius 1 is 1.05 bits per heavy atom. The zero-order valence-corrected chi connectivity index (χ0v) is 20.7. The molecule has 0 bridgehead atoms. The molecule has 38 heavy (non-hydrogen) atoms. The molecule has 3 aromatic carbocycles. The van der Waals surface area contributed by atoms with Crippen molar-refractivity contribution in [3.8, 4) is 6.07 Å². The normalized spacial score (nSPS) is 22.2. The van der Waals surface area contributed by atoms with E-state index in [2.05, 4.69) is 0 Å². The first-order valence-electron chi connectivity index (χ1n) is 12.4. The smallest absolute Gasteiger partial charge is 0.335 e. The predicted molar refractivity (Wildman–Crippen MR) is 132 cm³/mol. The maximum atomic E-state index is 14.8. The molecule has 3 aromatic rings. The molecular weight excluding hydrogens is 499 g/mol. The van der Waals surface area contributed by atoms with E-state index in [1.165, 1.54) is 24.3 Å². The van der Waals surface area contributed by atoms with Gasteiger partial charge in [0.25, 0.3) is 5.91 Å². The largest absolute Gasteiger partial charge is 0.426 e. The second kappa shape index (κ2) is 9.23. The fraction of sp³-hybridized carbons (Fsp3) is 0.333. The molecule has 1 heterocycles. The molecule has 0 saturated carbocycles. The third kappa shape index (κ3) is 4.24. The van der Waals surface area contributed by atoms with Crippen LogP contribution in [0.25, 0.3) is 0 Å². The quantitative estimate of drug-likeness (QED) is 0.353. The second-order valence-electron chi connectivity index (χ2n) is 10.3. The Hall–Kier alpha value is -3.73. The van der Waals surface area contributed by atoms with E-state index in [0.717, 1.165) is 11.1 Å². The van der Waals surface area contributed by atoms with Gasteiger partial charge in [0.2, 0.25) is 5.67 Å². The van der Waals surface area contributed by atoms with Crippen LogP contribution in [0.4, 0.5) is 22.0 Å². The number of carbonyl (C=O) groups is 1. The van der Waals surface area contributed by atoms with Gasteiger partial charge in [0.05, 0.1) is 11.6 Å². The lowest BCUT2D eigenvalue weighted by molar-refractivity contribution is -0.228. The molecule has 0 N–H and O–H groups in total. The van der Waals surface area contributed by atoms with Crippen LogP contribution in [-0.4, -0.2) is 29.6 Å². The Bertz CT molecular complexity index is 1410. The van der Waals surface area contributed by atoms with Crippen LogP contribution in [0.5, 0.6) is 0 Å². The number of amides is 1. The molecule has 1 amide bonds. The minimum atomic E-state index is -5.05. The highest BCUT2D eigenvalue weighted by Crippen LogP contribution is 2.51. The van der Waals surface area contributed by atoms with E-state index in [-0.39, 0.29) is 17.8 Å². The van der Waals surface area contributed by atoms with Crippen molar-refractivity contribution in [2.45, 2.75) is 55.9 Å². The van der Waals surface area contributed by atoms with E-state index < -0.39 is 22.8 Å². The number of hydrogen-bond donors (Lipinski definition) is 0. The van der Waals surface area contributed by atoms with E-state index in [1.807, 2.05) is 6.07 Å². The first kappa shape index (κ1) is 25.9. The van der Waals surface area contributed by atoms with Crippen LogP contribution in [0.3, 0.4) is 0 Å². The number of aryl methyl sites for hydroxylation is 1. The van der Waals surface area contributed by atoms with Crippen LogP contribution >= 0.6 is 0 Å². The molecule has 3 nitrogen and oxygen atoms in total. The first-order chi connectivity index (χ1) is 18.0. The van der Waals surface area contributed by atoms with Gasteiger partial charge in [-0.1, -0.05) is 30.3 Å². The summed E-state index contributed by atoms with van der Waals surface area (Å²) < 4.78 is 68.8. The number of alkyl halides is 4. The molecule has 1 unspecified atom stereocenters. The fourth-order valence-corrected chi connectivity index (χ4v) is 6.09. The maximum Gasteiger partial charge on any atom is 0.426 e. The molecule has 3 atom stereocenters. The molecule has 196 valence electrons. The SMILES string of the molecule is CC(F)(c1ccc2c(c1)CC[C@H]1N(C(=O)c3ccc(C#N)cc3)CC[C@@]21Cc1ccc(F)cc1)C(F)(F)F. The van der Waals surface area contributed by atoms with Crippen molar-refractivity contribution in [1.82, 2.24) is 4.90 Å². The number of hydrogen-bond acceptors (Lipinski definition) is 2. The van der Waals surface area contributed by atoms with Crippen molar-refractivity contribution in [3.63, 3.8) is 0 Å². The van der Waals surface area contributed by atoms with Crippen LogP contribution in [0.1, 0.15) is 57.9 Å². The number of likely N-dealkylation sites (tertiary alicyclic amines) is 1. The molecule has 5 rings (SSSR count). The summed E-state index contributed by atoms with van der Waals surface area (Å²) in [6.07, 6.45) is -3.16. The van der Waals surface area contributed by atoms with E-state index in [1.54, 1.807) is 47.4 Å². The topological polar surface area (TPSA) is 44.1 Å². The number of benzene rings is 3. The molecule has 1 aliphatic carbocycles. The first-order valence-corrected chi connectivity index (χ1v) is 12.4. The summed E-state index contributed by atoms with van der Waals surface area (Å²) in [5, 5.41) is 9.08. The molecule has 2 aliphatic rings. The summed E-state index contributed by atoms with van der Waals surface area (Å²) in [6, 6.07) is 18.4. The number of carbonyl (C=O) groups excluding carboxylic acids is 1. The third-order valence-corrected chi connectivity index (χ3v) is 8.17. The van der Waals surface area contributed by atoms with Crippen molar-refractivity contribution < 1.29 is 26.7 Å². The summed E-state index contributed by atoms with van der Waals surface area (Å²) in [6.45, 7) is 0.956.